The number of halogens is 2. The predicted octanol–water partition coefficient (Wildman–Crippen LogP) is 3.64. The van der Waals surface area contributed by atoms with Gasteiger partial charge in [0.25, 0.3) is 0 Å². The Morgan fingerprint density at radius 1 is 1.29 bits per heavy atom. The van der Waals surface area contributed by atoms with E-state index in [0.29, 0.717) is 15.7 Å². The zero-order valence-corrected chi connectivity index (χ0v) is 14.0. The number of nitrogens with one attached hydrogen (secondary N) is 2. The lowest BCUT2D eigenvalue weighted by atomic mass is 10.3. The third kappa shape index (κ3) is 5.00. The number of amides is 3. The lowest BCUT2D eigenvalue weighted by molar-refractivity contribution is -0.116. The third-order valence-corrected chi connectivity index (χ3v) is 3.40. The Labute approximate surface area is 148 Å². The van der Waals surface area contributed by atoms with E-state index in [9.17, 15) is 9.59 Å². The summed E-state index contributed by atoms with van der Waals surface area (Å²) in [7, 11) is 0. The molecule has 0 atom stereocenters. The van der Waals surface area contributed by atoms with Crippen LogP contribution >= 0.6 is 23.2 Å². The van der Waals surface area contributed by atoms with Crippen LogP contribution in [0.2, 0.25) is 10.0 Å². The maximum atomic E-state index is 12.3. The Hall–Kier alpha value is -2.51. The number of carbonyl (C=O) groups excluding carboxylic acids is 2. The van der Waals surface area contributed by atoms with Crippen molar-refractivity contribution in [2.24, 2.45) is 0 Å². The molecule has 0 spiro atoms. The molecule has 1 aromatic heterocycles. The van der Waals surface area contributed by atoms with Crippen LogP contribution in [0.3, 0.4) is 0 Å². The lowest BCUT2D eigenvalue weighted by Crippen LogP contribution is -2.40. The Bertz CT molecular complexity index is 734. The molecule has 0 aliphatic carbocycles. The molecule has 3 amide bonds. The van der Waals surface area contributed by atoms with Gasteiger partial charge in [-0.25, -0.2) is 4.79 Å². The molecule has 7 nitrogen and oxygen atoms in total. The van der Waals surface area contributed by atoms with Gasteiger partial charge >= 0.3 is 6.03 Å². The first-order valence-corrected chi connectivity index (χ1v) is 7.57. The highest BCUT2D eigenvalue weighted by Gasteiger charge is 2.18. The topological polar surface area (TPSA) is 87.5 Å². The number of carbonyl (C=O) groups is 2. The van der Waals surface area contributed by atoms with Crippen molar-refractivity contribution in [3.8, 4) is 0 Å². The van der Waals surface area contributed by atoms with E-state index in [1.54, 1.807) is 12.1 Å². The molecule has 2 aromatic rings. The van der Waals surface area contributed by atoms with Gasteiger partial charge in [-0.3, -0.25) is 4.79 Å². The summed E-state index contributed by atoms with van der Waals surface area (Å²) in [6.45, 7) is 3.55. The van der Waals surface area contributed by atoms with E-state index >= 15 is 0 Å². The van der Waals surface area contributed by atoms with E-state index in [-0.39, 0.29) is 18.9 Å². The number of anilines is 2. The Morgan fingerprint density at radius 2 is 2.08 bits per heavy atom. The van der Waals surface area contributed by atoms with Crippen LogP contribution in [0.15, 0.2) is 47.7 Å². The normalized spacial score (nSPS) is 10.1. The number of rotatable bonds is 6. The van der Waals surface area contributed by atoms with Gasteiger partial charge in [0.2, 0.25) is 5.91 Å². The molecule has 0 unspecified atom stereocenters. The minimum Gasteiger partial charge on any atom is -0.363 e. The number of hydrogen-bond donors (Lipinski definition) is 2. The fourth-order valence-corrected chi connectivity index (χ4v) is 2.25. The maximum Gasteiger partial charge on any atom is 0.322 e. The molecule has 2 N–H and O–H groups in total. The molecule has 0 aliphatic heterocycles. The summed E-state index contributed by atoms with van der Waals surface area (Å²) in [6.07, 6.45) is 2.83. The zero-order chi connectivity index (χ0) is 17.5. The van der Waals surface area contributed by atoms with Crippen molar-refractivity contribution in [2.45, 2.75) is 0 Å². The highest BCUT2D eigenvalue weighted by atomic mass is 35.5. The quantitative estimate of drug-likeness (QED) is 0.761. The summed E-state index contributed by atoms with van der Waals surface area (Å²) < 4.78 is 4.62. The molecule has 126 valence electrons. The fourth-order valence-electron chi connectivity index (χ4n) is 1.79. The van der Waals surface area contributed by atoms with Crippen LogP contribution in [0, 0.1) is 0 Å². The second-order valence-corrected chi connectivity index (χ2v) is 5.50. The van der Waals surface area contributed by atoms with Crippen LogP contribution in [-0.4, -0.2) is 35.1 Å². The van der Waals surface area contributed by atoms with Gasteiger partial charge < -0.3 is 20.1 Å². The van der Waals surface area contributed by atoms with Gasteiger partial charge in [-0.15, -0.1) is 6.58 Å². The molecule has 1 heterocycles. The van der Waals surface area contributed by atoms with Crippen molar-refractivity contribution < 1.29 is 14.1 Å². The largest absolute Gasteiger partial charge is 0.363 e. The molecule has 0 aliphatic rings. The van der Waals surface area contributed by atoms with Gasteiger partial charge in [0, 0.05) is 17.6 Å². The van der Waals surface area contributed by atoms with Gasteiger partial charge in [-0.2, -0.15) is 0 Å². The second kappa shape index (κ2) is 8.37. The predicted molar refractivity (Wildman–Crippen MR) is 92.4 cm³/mol. The SMILES string of the molecule is C=CCN(CC(=O)Nc1ccon1)C(=O)Nc1ccc(Cl)cc1Cl. The van der Waals surface area contributed by atoms with Crippen LogP contribution in [0.1, 0.15) is 0 Å². The lowest BCUT2D eigenvalue weighted by Gasteiger charge is -2.21. The van der Waals surface area contributed by atoms with Crippen LogP contribution < -0.4 is 10.6 Å². The van der Waals surface area contributed by atoms with E-state index in [0.717, 1.165) is 0 Å². The molecule has 0 radical (unpaired) electrons. The highest BCUT2D eigenvalue weighted by molar-refractivity contribution is 6.36. The average Bonchev–Trinajstić information content (AvgIpc) is 3.02. The van der Waals surface area contributed by atoms with Gasteiger partial charge in [-0.05, 0) is 18.2 Å². The van der Waals surface area contributed by atoms with Crippen LogP contribution in [0.25, 0.3) is 0 Å². The molecule has 0 saturated heterocycles. The number of hydrogen-bond acceptors (Lipinski definition) is 4. The van der Waals surface area contributed by atoms with Crippen LogP contribution in [0.4, 0.5) is 16.3 Å². The van der Waals surface area contributed by atoms with Crippen LogP contribution in [0.5, 0.6) is 0 Å². The van der Waals surface area contributed by atoms with Gasteiger partial charge in [0.05, 0.1) is 10.7 Å². The van der Waals surface area contributed by atoms with Crippen molar-refractivity contribution in [2.75, 3.05) is 23.7 Å². The summed E-state index contributed by atoms with van der Waals surface area (Å²) >= 11 is 11.8. The van der Waals surface area contributed by atoms with Gasteiger partial charge in [0.1, 0.15) is 12.8 Å². The van der Waals surface area contributed by atoms with Gasteiger partial charge in [-0.1, -0.05) is 34.4 Å². The minimum atomic E-state index is -0.505. The molecule has 2 rings (SSSR count). The Balaban J connectivity index is 2.01. The average molecular weight is 369 g/mol. The van der Waals surface area contributed by atoms with E-state index in [4.69, 9.17) is 23.2 Å². The standard InChI is InChI=1S/C15H14Cl2N4O3/c1-2-6-21(9-14(22)19-13-5-7-24-20-13)15(23)18-12-4-3-10(16)8-11(12)17/h2-5,7-8H,1,6,9H2,(H,18,23)(H,19,20,22). The summed E-state index contributed by atoms with van der Waals surface area (Å²) in [5.41, 5.74) is 0.386. The summed E-state index contributed by atoms with van der Waals surface area (Å²) in [5, 5.41) is 9.44. The first-order chi connectivity index (χ1) is 11.5. The summed E-state index contributed by atoms with van der Waals surface area (Å²) in [4.78, 5) is 25.6. The number of aromatic nitrogens is 1. The monoisotopic (exact) mass is 368 g/mol. The van der Waals surface area contributed by atoms with Gasteiger partial charge in [0.15, 0.2) is 5.82 Å². The Morgan fingerprint density at radius 3 is 2.71 bits per heavy atom. The fraction of sp³-hybridized carbons (Fsp3) is 0.133. The highest BCUT2D eigenvalue weighted by Crippen LogP contribution is 2.25. The minimum absolute atomic E-state index is 0.170. The van der Waals surface area contributed by atoms with E-state index in [2.05, 4.69) is 26.9 Å². The number of urea groups is 1. The zero-order valence-electron chi connectivity index (χ0n) is 12.5. The van der Waals surface area contributed by atoms with E-state index in [1.165, 1.54) is 29.4 Å². The number of benzene rings is 1. The molecule has 0 saturated carbocycles. The molecule has 1 aromatic carbocycles. The van der Waals surface area contributed by atoms with Crippen molar-refractivity contribution >= 4 is 46.6 Å². The van der Waals surface area contributed by atoms with E-state index in [1.807, 2.05) is 0 Å². The molecule has 0 bridgehead atoms. The second-order valence-electron chi connectivity index (χ2n) is 4.66. The molecule has 9 heteroatoms. The molecule has 0 fully saturated rings. The van der Waals surface area contributed by atoms with Crippen molar-refractivity contribution in [3.05, 3.63) is 53.2 Å². The first-order valence-electron chi connectivity index (χ1n) is 6.81. The number of nitrogens with zero attached hydrogens (tertiary/aromatic N) is 2. The molecule has 24 heavy (non-hydrogen) atoms. The molecular formula is C15H14Cl2N4O3. The summed E-state index contributed by atoms with van der Waals surface area (Å²) in [6, 6.07) is 5.66. The maximum absolute atomic E-state index is 12.3. The smallest absolute Gasteiger partial charge is 0.322 e. The summed E-state index contributed by atoms with van der Waals surface area (Å²) in [5.74, 6) is -0.164. The van der Waals surface area contributed by atoms with Crippen molar-refractivity contribution in [1.82, 2.24) is 10.1 Å². The molecular weight excluding hydrogens is 355 g/mol. The first kappa shape index (κ1) is 17.8. The van der Waals surface area contributed by atoms with Crippen LogP contribution in [-0.2, 0) is 4.79 Å². The van der Waals surface area contributed by atoms with Crippen molar-refractivity contribution in [1.29, 1.82) is 0 Å². The Kier molecular flexibility index (Phi) is 6.22. The third-order valence-electron chi connectivity index (χ3n) is 2.85. The van der Waals surface area contributed by atoms with Crippen molar-refractivity contribution in [3.63, 3.8) is 0 Å². The van der Waals surface area contributed by atoms with E-state index < -0.39 is 11.9 Å².